The highest BCUT2D eigenvalue weighted by atomic mass is 16.3. The quantitative estimate of drug-likeness (QED) is 0.852. The molecule has 1 N–H and O–H groups in total. The first-order valence-corrected chi connectivity index (χ1v) is 6.88. The zero-order valence-electron chi connectivity index (χ0n) is 12.4. The summed E-state index contributed by atoms with van der Waals surface area (Å²) >= 11 is 0. The monoisotopic (exact) mass is 288 g/mol. The molecule has 0 saturated heterocycles. The molecule has 21 heavy (non-hydrogen) atoms. The van der Waals surface area contributed by atoms with E-state index in [1.165, 1.54) is 10.2 Å². The number of aryl methyl sites for hydroxylation is 1. The van der Waals surface area contributed by atoms with Crippen LogP contribution in [0.25, 0.3) is 0 Å². The molecular weight excluding hydrogens is 268 g/mol. The summed E-state index contributed by atoms with van der Waals surface area (Å²) in [5.74, 6) is -0.0290. The van der Waals surface area contributed by atoms with Gasteiger partial charge in [-0.1, -0.05) is 29.5 Å². The summed E-state index contributed by atoms with van der Waals surface area (Å²) in [5.41, 5.74) is 2.99. The highest BCUT2D eigenvalue weighted by Crippen LogP contribution is 2.09. The van der Waals surface area contributed by atoms with Crippen LogP contribution >= 0.6 is 0 Å². The van der Waals surface area contributed by atoms with Crippen molar-refractivity contribution in [1.82, 2.24) is 19.9 Å². The second-order valence-electron chi connectivity index (χ2n) is 5.06. The minimum Gasteiger partial charge on any atom is -0.396 e. The van der Waals surface area contributed by atoms with Crippen molar-refractivity contribution in [3.63, 3.8) is 0 Å². The van der Waals surface area contributed by atoms with Crippen LogP contribution in [0, 0.1) is 6.92 Å². The lowest BCUT2D eigenvalue weighted by atomic mass is 10.1. The van der Waals surface area contributed by atoms with Gasteiger partial charge in [0.25, 0.3) is 0 Å². The van der Waals surface area contributed by atoms with Gasteiger partial charge in [-0.05, 0) is 18.1 Å². The average Bonchev–Trinajstić information content (AvgIpc) is 2.89. The number of carbonyl (C=O) groups is 1. The number of aliphatic hydroxyl groups excluding tert-OH is 1. The van der Waals surface area contributed by atoms with Gasteiger partial charge >= 0.3 is 0 Å². The first-order chi connectivity index (χ1) is 10.1. The molecule has 0 aliphatic rings. The van der Waals surface area contributed by atoms with E-state index in [9.17, 15) is 4.79 Å². The smallest absolute Gasteiger partial charge is 0.244 e. The van der Waals surface area contributed by atoms with Gasteiger partial charge in [-0.15, -0.1) is 5.10 Å². The van der Waals surface area contributed by atoms with Gasteiger partial charge in [-0.2, -0.15) is 0 Å². The molecule has 0 radical (unpaired) electrons. The van der Waals surface area contributed by atoms with Crippen molar-refractivity contribution >= 4 is 5.91 Å². The van der Waals surface area contributed by atoms with Crippen molar-refractivity contribution in [3.8, 4) is 0 Å². The van der Waals surface area contributed by atoms with E-state index in [1.54, 1.807) is 18.1 Å². The van der Waals surface area contributed by atoms with Crippen LogP contribution in [0.3, 0.4) is 0 Å². The fourth-order valence-corrected chi connectivity index (χ4v) is 2.04. The molecule has 0 aliphatic carbocycles. The van der Waals surface area contributed by atoms with E-state index in [4.69, 9.17) is 5.11 Å². The van der Waals surface area contributed by atoms with E-state index < -0.39 is 0 Å². The van der Waals surface area contributed by atoms with Crippen molar-refractivity contribution in [2.24, 2.45) is 0 Å². The number of hydrogen-bond donors (Lipinski definition) is 1. The van der Waals surface area contributed by atoms with Crippen LogP contribution in [0.15, 0.2) is 30.5 Å². The number of hydrogen-bond acceptors (Lipinski definition) is 4. The highest BCUT2D eigenvalue weighted by molar-refractivity contribution is 5.75. The molecular formula is C15H20N4O2. The van der Waals surface area contributed by atoms with Crippen LogP contribution in [0.1, 0.15) is 16.8 Å². The molecule has 0 atom stereocenters. The van der Waals surface area contributed by atoms with Gasteiger partial charge in [-0.3, -0.25) is 4.79 Å². The van der Waals surface area contributed by atoms with E-state index in [0.29, 0.717) is 18.7 Å². The summed E-state index contributed by atoms with van der Waals surface area (Å²) in [6.07, 6.45) is 2.14. The molecule has 2 rings (SSSR count). The maximum Gasteiger partial charge on any atom is 0.244 e. The fourth-order valence-electron chi connectivity index (χ4n) is 2.04. The van der Waals surface area contributed by atoms with E-state index in [-0.39, 0.29) is 19.1 Å². The summed E-state index contributed by atoms with van der Waals surface area (Å²) in [5, 5.41) is 16.6. The molecule has 0 fully saturated rings. The van der Waals surface area contributed by atoms with Gasteiger partial charge in [-0.25, -0.2) is 4.68 Å². The summed E-state index contributed by atoms with van der Waals surface area (Å²) < 4.78 is 1.50. The van der Waals surface area contributed by atoms with E-state index in [2.05, 4.69) is 10.3 Å². The molecule has 6 heteroatoms. The molecule has 2 aromatic rings. The third-order valence-electron chi connectivity index (χ3n) is 3.35. The van der Waals surface area contributed by atoms with Gasteiger partial charge in [0.05, 0.1) is 5.69 Å². The second kappa shape index (κ2) is 6.99. The Labute approximate surface area is 124 Å². The third-order valence-corrected chi connectivity index (χ3v) is 3.35. The molecule has 0 spiro atoms. The van der Waals surface area contributed by atoms with E-state index in [0.717, 1.165) is 5.56 Å². The molecule has 0 unspecified atom stereocenters. The van der Waals surface area contributed by atoms with E-state index in [1.807, 2.05) is 31.2 Å². The molecule has 1 aromatic carbocycles. The van der Waals surface area contributed by atoms with Crippen molar-refractivity contribution in [3.05, 3.63) is 47.3 Å². The zero-order chi connectivity index (χ0) is 15.2. The summed E-state index contributed by atoms with van der Waals surface area (Å²) in [7, 11) is 1.78. The molecule has 1 aromatic heterocycles. The Kier molecular flexibility index (Phi) is 5.05. The molecule has 0 bridgehead atoms. The Morgan fingerprint density at radius 1 is 1.38 bits per heavy atom. The molecule has 0 saturated carbocycles. The molecule has 0 aliphatic heterocycles. The predicted molar refractivity (Wildman–Crippen MR) is 78.5 cm³/mol. The van der Waals surface area contributed by atoms with Crippen LogP contribution < -0.4 is 0 Å². The highest BCUT2D eigenvalue weighted by Gasteiger charge is 2.12. The summed E-state index contributed by atoms with van der Waals surface area (Å²) in [4.78, 5) is 13.9. The number of amides is 1. The second-order valence-corrected chi connectivity index (χ2v) is 5.06. The third kappa shape index (κ3) is 4.13. The van der Waals surface area contributed by atoms with Gasteiger partial charge in [0.1, 0.15) is 6.54 Å². The maximum atomic E-state index is 12.2. The van der Waals surface area contributed by atoms with E-state index >= 15 is 0 Å². The van der Waals surface area contributed by atoms with Crippen LogP contribution in [0.5, 0.6) is 0 Å². The maximum absolute atomic E-state index is 12.2. The van der Waals surface area contributed by atoms with Gasteiger partial charge in [0, 0.05) is 32.8 Å². The zero-order valence-corrected chi connectivity index (χ0v) is 12.4. The lowest BCUT2D eigenvalue weighted by molar-refractivity contribution is -0.131. The Hall–Kier alpha value is -2.21. The summed E-state index contributed by atoms with van der Waals surface area (Å²) in [6, 6.07) is 8.01. The number of aliphatic hydroxyl groups is 1. The largest absolute Gasteiger partial charge is 0.396 e. The number of benzene rings is 1. The lowest BCUT2D eigenvalue weighted by Crippen LogP contribution is -2.30. The molecule has 1 heterocycles. The first-order valence-electron chi connectivity index (χ1n) is 6.88. The van der Waals surface area contributed by atoms with Gasteiger partial charge in [0.15, 0.2) is 0 Å². The van der Waals surface area contributed by atoms with Crippen molar-refractivity contribution < 1.29 is 9.90 Å². The minimum absolute atomic E-state index is 0.0276. The number of aromatic nitrogens is 3. The number of rotatable bonds is 6. The van der Waals surface area contributed by atoms with Crippen molar-refractivity contribution in [2.45, 2.75) is 26.4 Å². The van der Waals surface area contributed by atoms with Crippen molar-refractivity contribution in [1.29, 1.82) is 0 Å². The predicted octanol–water partition coefficient (Wildman–Crippen LogP) is 0.780. The first kappa shape index (κ1) is 15.2. The summed E-state index contributed by atoms with van der Waals surface area (Å²) in [6.45, 7) is 2.79. The average molecular weight is 288 g/mol. The van der Waals surface area contributed by atoms with Crippen LogP contribution in [-0.4, -0.2) is 44.6 Å². The fraction of sp³-hybridized carbons (Fsp3) is 0.400. The van der Waals surface area contributed by atoms with Gasteiger partial charge < -0.3 is 10.0 Å². The standard InChI is InChI=1S/C15H20N4O2/c1-12-5-3-4-6-13(12)9-18(2)15(21)11-19-10-14(7-8-20)16-17-19/h3-6,10,20H,7-9,11H2,1-2H3. The molecule has 1 amide bonds. The van der Waals surface area contributed by atoms with Crippen LogP contribution in [0.2, 0.25) is 0 Å². The number of likely N-dealkylation sites (N-methyl/N-ethyl adjacent to an activating group) is 1. The van der Waals surface area contributed by atoms with Crippen molar-refractivity contribution in [2.75, 3.05) is 13.7 Å². The normalized spacial score (nSPS) is 10.6. The Bertz CT molecular complexity index is 609. The Morgan fingerprint density at radius 3 is 2.86 bits per heavy atom. The number of carbonyl (C=O) groups excluding carboxylic acids is 1. The molecule has 6 nitrogen and oxygen atoms in total. The topological polar surface area (TPSA) is 71.2 Å². The number of nitrogens with zero attached hydrogens (tertiary/aromatic N) is 4. The van der Waals surface area contributed by atoms with Crippen LogP contribution in [0.4, 0.5) is 0 Å². The minimum atomic E-state index is -0.0290. The van der Waals surface area contributed by atoms with Gasteiger partial charge in [0.2, 0.25) is 5.91 Å². The lowest BCUT2D eigenvalue weighted by Gasteiger charge is -2.18. The molecule has 112 valence electrons. The Morgan fingerprint density at radius 2 is 2.14 bits per heavy atom. The van der Waals surface area contributed by atoms with Crippen LogP contribution in [-0.2, 0) is 24.3 Å². The Balaban J connectivity index is 1.94. The SMILES string of the molecule is Cc1ccccc1CN(C)C(=O)Cn1cc(CCO)nn1.